The van der Waals surface area contributed by atoms with E-state index in [4.69, 9.17) is 5.73 Å². The van der Waals surface area contributed by atoms with E-state index in [-0.39, 0.29) is 5.54 Å². The molecule has 0 spiro atoms. The molecule has 1 saturated carbocycles. The standard InChI is InChI=1S/C11H18N2S/c1-2-9-3-5-11(12,6-4-9)10-13-7-8-14-10/h7-9H,2-6,12H2,1H3. The number of nitrogens with zero attached hydrogens (tertiary/aromatic N) is 1. The highest BCUT2D eigenvalue weighted by atomic mass is 32.1. The minimum Gasteiger partial charge on any atom is -0.319 e. The molecule has 1 fully saturated rings. The van der Waals surface area contributed by atoms with Crippen molar-refractivity contribution in [2.24, 2.45) is 11.7 Å². The van der Waals surface area contributed by atoms with Gasteiger partial charge in [0.25, 0.3) is 0 Å². The van der Waals surface area contributed by atoms with Crippen molar-refractivity contribution in [3.63, 3.8) is 0 Å². The average Bonchev–Trinajstić information content (AvgIpc) is 2.72. The van der Waals surface area contributed by atoms with E-state index < -0.39 is 0 Å². The number of aromatic nitrogens is 1. The van der Waals surface area contributed by atoms with Crippen LogP contribution >= 0.6 is 11.3 Å². The van der Waals surface area contributed by atoms with Crippen LogP contribution in [0.3, 0.4) is 0 Å². The van der Waals surface area contributed by atoms with Crippen molar-refractivity contribution in [2.75, 3.05) is 0 Å². The predicted molar refractivity (Wildman–Crippen MR) is 60.2 cm³/mol. The zero-order valence-corrected chi connectivity index (χ0v) is 9.52. The summed E-state index contributed by atoms with van der Waals surface area (Å²) in [6.45, 7) is 2.28. The molecule has 1 aliphatic carbocycles. The van der Waals surface area contributed by atoms with Gasteiger partial charge >= 0.3 is 0 Å². The van der Waals surface area contributed by atoms with Crippen LogP contribution in [-0.4, -0.2) is 4.98 Å². The van der Waals surface area contributed by atoms with Gasteiger partial charge in [-0.2, -0.15) is 0 Å². The highest BCUT2D eigenvalue weighted by Gasteiger charge is 2.34. The summed E-state index contributed by atoms with van der Waals surface area (Å²) in [4.78, 5) is 4.36. The highest BCUT2D eigenvalue weighted by molar-refractivity contribution is 7.09. The first-order valence-corrected chi connectivity index (χ1v) is 6.31. The van der Waals surface area contributed by atoms with Crippen molar-refractivity contribution in [2.45, 2.75) is 44.6 Å². The summed E-state index contributed by atoms with van der Waals surface area (Å²) in [6.07, 6.45) is 7.92. The Bertz CT molecular complexity index is 273. The normalized spacial score (nSPS) is 33.1. The maximum absolute atomic E-state index is 6.39. The van der Waals surface area contributed by atoms with Crippen molar-refractivity contribution in [3.05, 3.63) is 16.6 Å². The van der Waals surface area contributed by atoms with Gasteiger partial charge in [0.15, 0.2) is 0 Å². The molecule has 14 heavy (non-hydrogen) atoms. The van der Waals surface area contributed by atoms with Crippen molar-refractivity contribution < 1.29 is 0 Å². The van der Waals surface area contributed by atoms with E-state index >= 15 is 0 Å². The fourth-order valence-corrected chi connectivity index (χ4v) is 3.10. The first-order chi connectivity index (χ1) is 6.74. The van der Waals surface area contributed by atoms with Gasteiger partial charge in [0.2, 0.25) is 0 Å². The van der Waals surface area contributed by atoms with Gasteiger partial charge in [0.05, 0.1) is 5.54 Å². The van der Waals surface area contributed by atoms with E-state index in [1.807, 2.05) is 11.6 Å². The number of rotatable bonds is 2. The molecule has 0 atom stereocenters. The van der Waals surface area contributed by atoms with Crippen LogP contribution in [0.1, 0.15) is 44.0 Å². The summed E-state index contributed by atoms with van der Waals surface area (Å²) in [5.74, 6) is 0.895. The van der Waals surface area contributed by atoms with Gasteiger partial charge in [-0.1, -0.05) is 13.3 Å². The Balaban J connectivity index is 2.06. The van der Waals surface area contributed by atoms with Gasteiger partial charge in [-0.3, -0.25) is 0 Å². The van der Waals surface area contributed by atoms with Crippen LogP contribution in [0.5, 0.6) is 0 Å². The molecule has 0 saturated heterocycles. The van der Waals surface area contributed by atoms with Crippen LogP contribution in [-0.2, 0) is 5.54 Å². The van der Waals surface area contributed by atoms with Crippen LogP contribution < -0.4 is 5.73 Å². The number of hydrogen-bond acceptors (Lipinski definition) is 3. The molecule has 1 aromatic rings. The van der Waals surface area contributed by atoms with Crippen LogP contribution in [0.4, 0.5) is 0 Å². The molecule has 1 aromatic heterocycles. The van der Waals surface area contributed by atoms with Gasteiger partial charge in [-0.15, -0.1) is 11.3 Å². The summed E-state index contributed by atoms with van der Waals surface area (Å²) >= 11 is 1.70. The Hall–Kier alpha value is -0.410. The summed E-state index contributed by atoms with van der Waals surface area (Å²) in [5.41, 5.74) is 6.28. The average molecular weight is 210 g/mol. The van der Waals surface area contributed by atoms with Crippen molar-refractivity contribution in [3.8, 4) is 0 Å². The molecule has 0 aromatic carbocycles. The Morgan fingerprint density at radius 1 is 1.57 bits per heavy atom. The van der Waals surface area contributed by atoms with Crippen LogP contribution in [0.2, 0.25) is 0 Å². The third kappa shape index (κ3) is 1.84. The molecule has 2 rings (SSSR count). The van der Waals surface area contributed by atoms with E-state index in [2.05, 4.69) is 11.9 Å². The summed E-state index contributed by atoms with van der Waals surface area (Å²) in [7, 11) is 0. The molecule has 0 radical (unpaired) electrons. The van der Waals surface area contributed by atoms with E-state index in [1.165, 1.54) is 19.3 Å². The fourth-order valence-electron chi connectivity index (χ4n) is 2.28. The number of thiazole rings is 1. The van der Waals surface area contributed by atoms with Crippen LogP contribution in [0, 0.1) is 5.92 Å². The second-order valence-corrected chi connectivity index (χ2v) is 5.24. The molecule has 1 heterocycles. The van der Waals surface area contributed by atoms with Crippen LogP contribution in [0.25, 0.3) is 0 Å². The monoisotopic (exact) mass is 210 g/mol. The lowest BCUT2D eigenvalue weighted by atomic mass is 9.76. The molecule has 3 heteroatoms. The maximum atomic E-state index is 6.39. The maximum Gasteiger partial charge on any atom is 0.112 e. The molecule has 1 aliphatic rings. The van der Waals surface area contributed by atoms with E-state index in [0.29, 0.717) is 0 Å². The largest absolute Gasteiger partial charge is 0.319 e. The smallest absolute Gasteiger partial charge is 0.112 e. The Morgan fingerprint density at radius 3 is 2.79 bits per heavy atom. The van der Waals surface area contributed by atoms with Gasteiger partial charge in [0, 0.05) is 11.6 Å². The minimum atomic E-state index is -0.111. The molecule has 78 valence electrons. The summed E-state index contributed by atoms with van der Waals surface area (Å²) in [6, 6.07) is 0. The lowest BCUT2D eigenvalue weighted by molar-refractivity contribution is 0.231. The van der Waals surface area contributed by atoms with Crippen molar-refractivity contribution >= 4 is 11.3 Å². The third-order valence-corrected chi connectivity index (χ3v) is 4.43. The quantitative estimate of drug-likeness (QED) is 0.815. The minimum absolute atomic E-state index is 0.111. The molecular weight excluding hydrogens is 192 g/mol. The molecule has 0 aliphatic heterocycles. The lowest BCUT2D eigenvalue weighted by Crippen LogP contribution is -2.40. The first kappa shape index (κ1) is 10.1. The zero-order chi connectivity index (χ0) is 10.0. The molecule has 0 bridgehead atoms. The van der Waals surface area contributed by atoms with E-state index in [0.717, 1.165) is 23.8 Å². The topological polar surface area (TPSA) is 38.9 Å². The van der Waals surface area contributed by atoms with E-state index in [9.17, 15) is 0 Å². The first-order valence-electron chi connectivity index (χ1n) is 5.43. The number of nitrogens with two attached hydrogens (primary N) is 1. The lowest BCUT2D eigenvalue weighted by Gasteiger charge is -2.35. The second kappa shape index (κ2) is 3.99. The van der Waals surface area contributed by atoms with E-state index in [1.54, 1.807) is 11.3 Å². The molecule has 2 N–H and O–H groups in total. The molecule has 2 nitrogen and oxygen atoms in total. The Morgan fingerprint density at radius 2 is 2.29 bits per heavy atom. The van der Waals surface area contributed by atoms with Gasteiger partial charge in [0.1, 0.15) is 5.01 Å². The fraction of sp³-hybridized carbons (Fsp3) is 0.727. The predicted octanol–water partition coefficient (Wildman–Crippen LogP) is 2.90. The summed E-state index contributed by atoms with van der Waals surface area (Å²) in [5, 5.41) is 3.16. The third-order valence-electron chi connectivity index (χ3n) is 3.43. The number of hydrogen-bond donors (Lipinski definition) is 1. The zero-order valence-electron chi connectivity index (χ0n) is 8.70. The Kier molecular flexibility index (Phi) is 2.88. The molecule has 0 amide bonds. The molecular formula is C11H18N2S. The van der Waals surface area contributed by atoms with Crippen molar-refractivity contribution in [1.82, 2.24) is 4.98 Å². The highest BCUT2D eigenvalue weighted by Crippen LogP contribution is 2.39. The Labute approximate surface area is 89.5 Å². The summed E-state index contributed by atoms with van der Waals surface area (Å²) < 4.78 is 0. The molecule has 0 unspecified atom stereocenters. The van der Waals surface area contributed by atoms with Gasteiger partial charge < -0.3 is 5.73 Å². The SMILES string of the molecule is CCC1CCC(N)(c2nccs2)CC1. The van der Waals surface area contributed by atoms with Crippen molar-refractivity contribution in [1.29, 1.82) is 0 Å². The second-order valence-electron chi connectivity index (χ2n) is 4.35. The van der Waals surface area contributed by atoms with Crippen LogP contribution in [0.15, 0.2) is 11.6 Å². The van der Waals surface area contributed by atoms with Gasteiger partial charge in [-0.25, -0.2) is 4.98 Å². The van der Waals surface area contributed by atoms with Gasteiger partial charge in [-0.05, 0) is 31.6 Å².